The predicted molar refractivity (Wildman–Crippen MR) is 118 cm³/mol. The lowest BCUT2D eigenvalue weighted by Gasteiger charge is -2.14. The Morgan fingerprint density at radius 2 is 1.52 bits per heavy atom. The molecule has 0 aliphatic carbocycles. The number of halogens is 3. The van der Waals surface area contributed by atoms with Gasteiger partial charge in [-0.2, -0.15) is 0 Å². The van der Waals surface area contributed by atoms with E-state index in [4.69, 9.17) is 47.0 Å². The van der Waals surface area contributed by atoms with E-state index in [-0.39, 0.29) is 5.78 Å². The number of thiocarbonyl (C=S) groups is 1. The Labute approximate surface area is 177 Å². The number of hydrogen-bond acceptors (Lipinski definition) is 2. The third-order valence-corrected chi connectivity index (χ3v) is 4.68. The number of ketones is 1. The molecule has 0 spiro atoms. The van der Waals surface area contributed by atoms with Gasteiger partial charge >= 0.3 is 0 Å². The highest BCUT2D eigenvalue weighted by atomic mass is 35.5. The van der Waals surface area contributed by atoms with Gasteiger partial charge in [0.2, 0.25) is 0 Å². The van der Waals surface area contributed by atoms with E-state index in [1.54, 1.807) is 54.6 Å². The van der Waals surface area contributed by atoms with E-state index in [9.17, 15) is 4.79 Å². The van der Waals surface area contributed by atoms with Crippen molar-refractivity contribution in [2.24, 2.45) is 0 Å². The van der Waals surface area contributed by atoms with Crippen LogP contribution in [0.4, 0.5) is 11.4 Å². The average molecular weight is 436 g/mol. The minimum Gasteiger partial charge on any atom is -0.332 e. The summed E-state index contributed by atoms with van der Waals surface area (Å²) in [6.45, 7) is 0. The lowest BCUT2D eigenvalue weighted by atomic mass is 10.0. The molecule has 3 rings (SSSR count). The molecule has 0 aliphatic rings. The Balaban J connectivity index is 1.87. The quantitative estimate of drug-likeness (QED) is 0.354. The summed E-state index contributed by atoms with van der Waals surface area (Å²) in [6.07, 6.45) is 0. The van der Waals surface area contributed by atoms with Gasteiger partial charge in [-0.3, -0.25) is 4.79 Å². The van der Waals surface area contributed by atoms with Gasteiger partial charge < -0.3 is 10.6 Å². The molecule has 2 N–H and O–H groups in total. The molecule has 0 unspecified atom stereocenters. The number of rotatable bonds is 4. The van der Waals surface area contributed by atoms with Crippen molar-refractivity contribution in [1.82, 2.24) is 0 Å². The molecule has 136 valence electrons. The molecular formula is C20H13Cl3N2OS. The van der Waals surface area contributed by atoms with E-state index in [2.05, 4.69) is 10.6 Å². The zero-order valence-corrected chi connectivity index (χ0v) is 16.9. The second-order valence-electron chi connectivity index (χ2n) is 5.59. The Kier molecular flexibility index (Phi) is 6.34. The van der Waals surface area contributed by atoms with Crippen LogP contribution in [0.25, 0.3) is 0 Å². The molecule has 0 radical (unpaired) electrons. The number of carbonyl (C=O) groups excluding carboxylic acids is 1. The molecule has 3 nitrogen and oxygen atoms in total. The summed E-state index contributed by atoms with van der Waals surface area (Å²) in [5.41, 5.74) is 2.00. The maximum Gasteiger partial charge on any atom is 0.196 e. The van der Waals surface area contributed by atoms with E-state index in [1.807, 2.05) is 12.1 Å². The summed E-state index contributed by atoms with van der Waals surface area (Å²) in [4.78, 5) is 13.0. The van der Waals surface area contributed by atoms with Crippen LogP contribution in [0.3, 0.4) is 0 Å². The van der Waals surface area contributed by atoms with Crippen LogP contribution < -0.4 is 10.6 Å². The van der Waals surface area contributed by atoms with Crippen LogP contribution in [0.15, 0.2) is 66.7 Å². The van der Waals surface area contributed by atoms with Gasteiger partial charge in [-0.1, -0.05) is 53.0 Å². The van der Waals surface area contributed by atoms with Gasteiger partial charge in [-0.25, -0.2) is 0 Å². The van der Waals surface area contributed by atoms with Gasteiger partial charge in [0.25, 0.3) is 0 Å². The van der Waals surface area contributed by atoms with Crippen molar-refractivity contribution in [2.45, 2.75) is 0 Å². The van der Waals surface area contributed by atoms with Crippen molar-refractivity contribution in [2.75, 3.05) is 10.6 Å². The van der Waals surface area contributed by atoms with Crippen molar-refractivity contribution < 1.29 is 4.79 Å². The first kappa shape index (κ1) is 19.6. The maximum absolute atomic E-state index is 13.0. The molecule has 0 bridgehead atoms. The van der Waals surface area contributed by atoms with Crippen LogP contribution in [0.1, 0.15) is 15.9 Å². The monoisotopic (exact) mass is 434 g/mol. The summed E-state index contributed by atoms with van der Waals surface area (Å²) in [6, 6.07) is 18.9. The van der Waals surface area contributed by atoms with Crippen molar-refractivity contribution in [3.05, 3.63) is 92.9 Å². The molecule has 0 aromatic heterocycles. The van der Waals surface area contributed by atoms with Crippen LogP contribution >= 0.6 is 47.0 Å². The minimum absolute atomic E-state index is 0.254. The fourth-order valence-electron chi connectivity index (χ4n) is 2.45. The van der Waals surface area contributed by atoms with Crippen molar-refractivity contribution in [1.29, 1.82) is 0 Å². The molecule has 0 saturated heterocycles. The van der Waals surface area contributed by atoms with Crippen LogP contribution in [0.5, 0.6) is 0 Å². The van der Waals surface area contributed by atoms with Crippen LogP contribution in [0, 0.1) is 0 Å². The fourth-order valence-corrected chi connectivity index (χ4v) is 3.27. The third-order valence-electron chi connectivity index (χ3n) is 3.68. The van der Waals surface area contributed by atoms with E-state index < -0.39 is 0 Å². The summed E-state index contributed by atoms with van der Waals surface area (Å²) in [7, 11) is 0. The smallest absolute Gasteiger partial charge is 0.196 e. The SMILES string of the molecule is O=C(c1ccccc1Cl)c1cc(Cl)ccc1NC(=S)Nc1cccc(Cl)c1. The van der Waals surface area contributed by atoms with Crippen molar-refractivity contribution >= 4 is 69.3 Å². The van der Waals surface area contributed by atoms with E-state index in [0.717, 1.165) is 5.69 Å². The Morgan fingerprint density at radius 3 is 2.26 bits per heavy atom. The molecule has 0 aliphatic heterocycles. The number of carbonyl (C=O) groups is 1. The second kappa shape index (κ2) is 8.72. The lowest BCUT2D eigenvalue weighted by molar-refractivity contribution is 0.103. The Bertz CT molecular complexity index is 1020. The molecule has 7 heteroatoms. The van der Waals surface area contributed by atoms with Gasteiger partial charge in [-0.05, 0) is 60.7 Å². The first-order valence-corrected chi connectivity index (χ1v) is 9.40. The Morgan fingerprint density at radius 1 is 0.778 bits per heavy atom. The normalized spacial score (nSPS) is 10.3. The molecule has 0 atom stereocenters. The maximum atomic E-state index is 13.0. The molecule has 3 aromatic rings. The van der Waals surface area contributed by atoms with Crippen LogP contribution in [-0.2, 0) is 0 Å². The third kappa shape index (κ3) is 4.99. The molecule has 0 saturated carbocycles. The van der Waals surface area contributed by atoms with Crippen LogP contribution in [-0.4, -0.2) is 10.9 Å². The lowest BCUT2D eigenvalue weighted by Crippen LogP contribution is -2.21. The van der Waals surface area contributed by atoms with Gasteiger partial charge in [0.05, 0.1) is 10.7 Å². The molecular weight excluding hydrogens is 423 g/mol. The van der Waals surface area contributed by atoms with Gasteiger partial charge in [0.1, 0.15) is 0 Å². The van der Waals surface area contributed by atoms with E-state index in [0.29, 0.717) is 37.0 Å². The minimum atomic E-state index is -0.254. The van der Waals surface area contributed by atoms with Gasteiger partial charge in [0, 0.05) is 26.9 Å². The summed E-state index contributed by atoms with van der Waals surface area (Å²) >= 11 is 23.6. The first-order valence-electron chi connectivity index (χ1n) is 7.86. The topological polar surface area (TPSA) is 41.1 Å². The molecule has 27 heavy (non-hydrogen) atoms. The highest BCUT2D eigenvalue weighted by Crippen LogP contribution is 2.27. The Hall–Kier alpha value is -2.11. The standard InChI is InChI=1S/C20H13Cl3N2OS/c21-12-4-3-5-14(10-12)24-20(27)25-18-9-8-13(22)11-16(18)19(26)15-6-1-2-7-17(15)23/h1-11H,(H2,24,25,27). The molecule has 0 amide bonds. The number of benzene rings is 3. The number of hydrogen-bond donors (Lipinski definition) is 2. The van der Waals surface area contributed by atoms with Gasteiger partial charge in [-0.15, -0.1) is 0 Å². The second-order valence-corrected chi connectivity index (χ2v) is 7.28. The van der Waals surface area contributed by atoms with Crippen molar-refractivity contribution in [3.8, 4) is 0 Å². The largest absolute Gasteiger partial charge is 0.332 e. The number of anilines is 2. The van der Waals surface area contributed by atoms with Crippen LogP contribution in [0.2, 0.25) is 15.1 Å². The highest BCUT2D eigenvalue weighted by Gasteiger charge is 2.17. The zero-order chi connectivity index (χ0) is 19.4. The van der Waals surface area contributed by atoms with Gasteiger partial charge in [0.15, 0.2) is 10.9 Å². The molecule has 0 fully saturated rings. The zero-order valence-electron chi connectivity index (χ0n) is 13.8. The predicted octanol–water partition coefficient (Wildman–Crippen LogP) is 6.69. The molecule has 3 aromatic carbocycles. The molecule has 0 heterocycles. The highest BCUT2D eigenvalue weighted by molar-refractivity contribution is 7.80. The summed E-state index contributed by atoms with van der Waals surface area (Å²) in [5.74, 6) is -0.254. The first-order chi connectivity index (χ1) is 12.9. The summed E-state index contributed by atoms with van der Waals surface area (Å²) in [5, 5.41) is 7.76. The fraction of sp³-hybridized carbons (Fsp3) is 0. The summed E-state index contributed by atoms with van der Waals surface area (Å²) < 4.78 is 0. The number of nitrogens with one attached hydrogen (secondary N) is 2. The van der Waals surface area contributed by atoms with E-state index in [1.165, 1.54) is 0 Å². The average Bonchev–Trinajstić information content (AvgIpc) is 2.63. The van der Waals surface area contributed by atoms with E-state index >= 15 is 0 Å². The van der Waals surface area contributed by atoms with Crippen molar-refractivity contribution in [3.63, 3.8) is 0 Å².